The molecule has 1 aliphatic rings. The van der Waals surface area contributed by atoms with Crippen LogP contribution in [0.15, 0.2) is 28.7 Å². The van der Waals surface area contributed by atoms with E-state index in [2.05, 4.69) is 0 Å². The third-order valence-corrected chi connectivity index (χ3v) is 4.65. The summed E-state index contributed by atoms with van der Waals surface area (Å²) in [4.78, 5) is 14.7. The summed E-state index contributed by atoms with van der Waals surface area (Å²) in [5.74, 6) is 0.383. The Morgan fingerprint density at radius 1 is 1.38 bits per heavy atom. The average molecular weight is 331 g/mol. The second-order valence-electron chi connectivity index (χ2n) is 6.81. The van der Waals surface area contributed by atoms with Crippen LogP contribution in [0.3, 0.4) is 0 Å². The molecule has 1 aromatic carbocycles. The number of carbonyl (C=O) groups is 1. The molecule has 1 N–H and O–H groups in total. The van der Waals surface area contributed by atoms with Crippen LogP contribution in [0.4, 0.5) is 0 Å². The first-order chi connectivity index (χ1) is 11.5. The van der Waals surface area contributed by atoms with E-state index in [4.69, 9.17) is 9.15 Å². The molecule has 0 saturated carbocycles. The lowest BCUT2D eigenvalue weighted by molar-refractivity contribution is 0.0615. The number of ether oxygens (including phenoxy) is 1. The van der Waals surface area contributed by atoms with E-state index >= 15 is 0 Å². The summed E-state index contributed by atoms with van der Waals surface area (Å²) in [6, 6.07) is 7.65. The number of carbonyl (C=O) groups excluding carboxylic acids is 1. The number of rotatable bonds is 5. The number of benzene rings is 1. The number of hydrogen-bond donors (Lipinski definition) is 1. The number of para-hydroxylation sites is 1. The normalized spacial score (nSPS) is 19.4. The first-order valence-electron chi connectivity index (χ1n) is 8.56. The van der Waals surface area contributed by atoms with Gasteiger partial charge in [-0.25, -0.2) is 0 Å². The SMILES string of the molecule is CC(C)OCc1c(C(=O)N2CCC(C(C)O)C2)oc2ccccc12. The van der Waals surface area contributed by atoms with E-state index in [0.717, 1.165) is 17.4 Å². The minimum absolute atomic E-state index is 0.0769. The van der Waals surface area contributed by atoms with E-state index in [1.54, 1.807) is 11.8 Å². The molecule has 2 aromatic rings. The number of amides is 1. The van der Waals surface area contributed by atoms with Gasteiger partial charge < -0.3 is 19.2 Å². The maximum atomic E-state index is 12.9. The molecule has 2 unspecified atom stereocenters. The molecule has 2 heterocycles. The van der Waals surface area contributed by atoms with Gasteiger partial charge in [-0.1, -0.05) is 18.2 Å². The highest BCUT2D eigenvalue weighted by Crippen LogP contribution is 2.30. The maximum absolute atomic E-state index is 12.9. The molecule has 130 valence electrons. The first kappa shape index (κ1) is 17.0. The molecule has 0 bridgehead atoms. The Hall–Kier alpha value is -1.85. The third kappa shape index (κ3) is 3.32. The maximum Gasteiger partial charge on any atom is 0.290 e. The summed E-state index contributed by atoms with van der Waals surface area (Å²) in [6.07, 6.45) is 0.497. The Labute approximate surface area is 142 Å². The number of aliphatic hydroxyl groups excluding tert-OH is 1. The molecule has 1 amide bonds. The zero-order valence-electron chi connectivity index (χ0n) is 14.5. The third-order valence-electron chi connectivity index (χ3n) is 4.65. The zero-order valence-corrected chi connectivity index (χ0v) is 14.5. The fraction of sp³-hybridized carbons (Fsp3) is 0.526. The Morgan fingerprint density at radius 3 is 2.79 bits per heavy atom. The van der Waals surface area contributed by atoms with Crippen LogP contribution < -0.4 is 0 Å². The number of aliphatic hydroxyl groups is 1. The van der Waals surface area contributed by atoms with Gasteiger partial charge in [0.15, 0.2) is 5.76 Å². The summed E-state index contributed by atoms with van der Waals surface area (Å²) in [7, 11) is 0. The van der Waals surface area contributed by atoms with Crippen LogP contribution >= 0.6 is 0 Å². The lowest BCUT2D eigenvalue weighted by Crippen LogP contribution is -2.30. The molecule has 5 nitrogen and oxygen atoms in total. The molecular weight excluding hydrogens is 306 g/mol. The van der Waals surface area contributed by atoms with Crippen LogP contribution in [0, 0.1) is 5.92 Å². The quantitative estimate of drug-likeness (QED) is 0.914. The molecular formula is C19H25NO4. The van der Waals surface area contributed by atoms with Crippen molar-refractivity contribution in [1.29, 1.82) is 0 Å². The Kier molecular flexibility index (Phi) is 4.92. The smallest absolute Gasteiger partial charge is 0.290 e. The fourth-order valence-corrected chi connectivity index (χ4v) is 3.17. The molecule has 1 aromatic heterocycles. The molecule has 0 radical (unpaired) electrons. The van der Waals surface area contributed by atoms with E-state index in [0.29, 0.717) is 31.0 Å². The average Bonchev–Trinajstić information content (AvgIpc) is 3.17. The molecule has 1 fully saturated rings. The summed E-state index contributed by atoms with van der Waals surface area (Å²) < 4.78 is 11.6. The molecule has 2 atom stereocenters. The van der Waals surface area contributed by atoms with Gasteiger partial charge in [0.1, 0.15) is 5.58 Å². The highest BCUT2D eigenvalue weighted by atomic mass is 16.5. The molecule has 1 aliphatic heterocycles. The lowest BCUT2D eigenvalue weighted by atomic mass is 10.0. The van der Waals surface area contributed by atoms with Crippen molar-refractivity contribution in [3.05, 3.63) is 35.6 Å². The van der Waals surface area contributed by atoms with E-state index in [9.17, 15) is 9.90 Å². The Bertz CT molecular complexity index is 719. The monoisotopic (exact) mass is 331 g/mol. The minimum atomic E-state index is -0.401. The van der Waals surface area contributed by atoms with Crippen LogP contribution in [0.2, 0.25) is 0 Å². The second kappa shape index (κ2) is 6.95. The van der Waals surface area contributed by atoms with Crippen molar-refractivity contribution in [1.82, 2.24) is 4.90 Å². The second-order valence-corrected chi connectivity index (χ2v) is 6.81. The van der Waals surface area contributed by atoms with E-state index in [-0.39, 0.29) is 17.9 Å². The Balaban J connectivity index is 1.90. The van der Waals surface area contributed by atoms with Crippen molar-refractivity contribution in [2.45, 2.75) is 46.0 Å². The van der Waals surface area contributed by atoms with Gasteiger partial charge in [0, 0.05) is 30.0 Å². The molecule has 24 heavy (non-hydrogen) atoms. The van der Waals surface area contributed by atoms with Crippen LogP contribution in [0.1, 0.15) is 43.3 Å². The van der Waals surface area contributed by atoms with Gasteiger partial charge in [-0.15, -0.1) is 0 Å². The van der Waals surface area contributed by atoms with Gasteiger partial charge in [-0.2, -0.15) is 0 Å². The van der Waals surface area contributed by atoms with Gasteiger partial charge >= 0.3 is 0 Å². The van der Waals surface area contributed by atoms with Gasteiger partial charge in [-0.3, -0.25) is 4.79 Å². The largest absolute Gasteiger partial charge is 0.451 e. The van der Waals surface area contributed by atoms with Crippen molar-refractivity contribution < 1.29 is 19.1 Å². The number of likely N-dealkylation sites (tertiary alicyclic amines) is 1. The highest BCUT2D eigenvalue weighted by molar-refractivity contribution is 5.99. The number of fused-ring (bicyclic) bond motifs is 1. The van der Waals surface area contributed by atoms with Crippen molar-refractivity contribution in [3.8, 4) is 0 Å². The van der Waals surface area contributed by atoms with Gasteiger partial charge in [0.2, 0.25) is 0 Å². The molecule has 1 saturated heterocycles. The summed E-state index contributed by atoms with van der Waals surface area (Å²) in [5, 5.41) is 10.7. The van der Waals surface area contributed by atoms with Gasteiger partial charge in [0.25, 0.3) is 5.91 Å². The Morgan fingerprint density at radius 2 is 2.12 bits per heavy atom. The van der Waals surface area contributed by atoms with Gasteiger partial charge in [-0.05, 0) is 33.3 Å². The van der Waals surface area contributed by atoms with Crippen molar-refractivity contribution in [2.24, 2.45) is 5.92 Å². The standard InChI is InChI=1S/C19H25NO4/c1-12(2)23-11-16-15-6-4-5-7-17(15)24-18(16)19(22)20-9-8-14(10-20)13(3)21/h4-7,12-14,21H,8-11H2,1-3H3. The van der Waals surface area contributed by atoms with Crippen LogP contribution in [-0.2, 0) is 11.3 Å². The molecule has 0 aliphatic carbocycles. The number of hydrogen-bond acceptors (Lipinski definition) is 4. The molecule has 3 rings (SSSR count). The van der Waals surface area contributed by atoms with Crippen LogP contribution in [-0.4, -0.2) is 41.2 Å². The van der Waals surface area contributed by atoms with Crippen molar-refractivity contribution >= 4 is 16.9 Å². The molecule has 5 heteroatoms. The lowest BCUT2D eigenvalue weighted by Gasteiger charge is -2.17. The molecule has 0 spiro atoms. The van der Waals surface area contributed by atoms with Crippen LogP contribution in [0.5, 0.6) is 0 Å². The summed E-state index contributed by atoms with van der Waals surface area (Å²) >= 11 is 0. The van der Waals surface area contributed by atoms with Crippen molar-refractivity contribution in [3.63, 3.8) is 0 Å². The number of nitrogens with zero attached hydrogens (tertiary/aromatic N) is 1. The van der Waals surface area contributed by atoms with Crippen LogP contribution in [0.25, 0.3) is 11.0 Å². The minimum Gasteiger partial charge on any atom is -0.451 e. The van der Waals surface area contributed by atoms with E-state index in [1.807, 2.05) is 38.1 Å². The fourth-order valence-electron chi connectivity index (χ4n) is 3.17. The first-order valence-corrected chi connectivity index (χ1v) is 8.56. The predicted molar refractivity (Wildman–Crippen MR) is 91.8 cm³/mol. The van der Waals surface area contributed by atoms with Gasteiger partial charge in [0.05, 0.1) is 18.8 Å². The topological polar surface area (TPSA) is 62.9 Å². The zero-order chi connectivity index (χ0) is 17.3. The highest BCUT2D eigenvalue weighted by Gasteiger charge is 2.32. The summed E-state index contributed by atoms with van der Waals surface area (Å²) in [6.45, 7) is 7.29. The van der Waals surface area contributed by atoms with Crippen molar-refractivity contribution in [2.75, 3.05) is 13.1 Å². The van der Waals surface area contributed by atoms with E-state index in [1.165, 1.54) is 0 Å². The summed E-state index contributed by atoms with van der Waals surface area (Å²) in [5.41, 5.74) is 1.51. The van der Waals surface area contributed by atoms with E-state index < -0.39 is 6.10 Å². The predicted octanol–water partition coefficient (Wildman–Crippen LogP) is 3.20. The number of furan rings is 1.